The van der Waals surface area contributed by atoms with E-state index >= 15 is 0 Å². The first-order chi connectivity index (χ1) is 5.83. The van der Waals surface area contributed by atoms with Gasteiger partial charge in [0.05, 0.1) is 17.3 Å². The summed E-state index contributed by atoms with van der Waals surface area (Å²) < 4.78 is 1.71. The first-order valence-corrected chi connectivity index (χ1v) is 3.56. The molecule has 0 unspecified atom stereocenters. The molecule has 0 aromatic carbocycles. The number of pyridine rings is 1. The Balaban J connectivity index is 2.89. The Labute approximate surface area is 69.6 Å². The first kappa shape index (κ1) is 6.97. The number of aryl methyl sites for hydroxylation is 1. The fraction of sp³-hybridized carbons (Fsp3) is 0.125. The molecule has 4 heteroatoms. The molecule has 0 saturated carbocycles. The van der Waals surface area contributed by atoms with Crippen molar-refractivity contribution in [2.45, 2.75) is 0 Å². The van der Waals surface area contributed by atoms with Gasteiger partial charge in [-0.15, -0.1) is 0 Å². The Hall–Kier alpha value is -1.71. The average Bonchev–Trinajstić information content (AvgIpc) is 2.48. The molecule has 0 N–H and O–H groups in total. The molecule has 0 fully saturated rings. The van der Waals surface area contributed by atoms with E-state index in [1.165, 1.54) is 0 Å². The SMILES string of the molecule is C=Nc1ccnc2c1cnn2C. The van der Waals surface area contributed by atoms with E-state index in [0.717, 1.165) is 16.7 Å². The number of nitrogens with zero attached hydrogens (tertiary/aromatic N) is 4. The summed E-state index contributed by atoms with van der Waals surface area (Å²) >= 11 is 0. The van der Waals surface area contributed by atoms with Crippen LogP contribution >= 0.6 is 0 Å². The lowest BCUT2D eigenvalue weighted by Gasteiger charge is -1.94. The van der Waals surface area contributed by atoms with Crippen molar-refractivity contribution in [2.24, 2.45) is 12.0 Å². The van der Waals surface area contributed by atoms with Gasteiger partial charge in [0.2, 0.25) is 0 Å². The molecule has 2 aromatic rings. The van der Waals surface area contributed by atoms with Gasteiger partial charge in [0.1, 0.15) is 0 Å². The van der Waals surface area contributed by atoms with Crippen LogP contribution in [-0.4, -0.2) is 21.5 Å². The lowest BCUT2D eigenvalue weighted by atomic mass is 10.3. The third-order valence-electron chi connectivity index (χ3n) is 1.78. The minimum atomic E-state index is 0.827. The maximum Gasteiger partial charge on any atom is 0.159 e. The van der Waals surface area contributed by atoms with Gasteiger partial charge in [0.25, 0.3) is 0 Å². The summed E-state index contributed by atoms with van der Waals surface area (Å²) in [7, 11) is 1.85. The van der Waals surface area contributed by atoms with Gasteiger partial charge < -0.3 is 0 Å². The molecule has 2 rings (SSSR count). The third kappa shape index (κ3) is 0.812. The average molecular weight is 160 g/mol. The highest BCUT2D eigenvalue weighted by Crippen LogP contribution is 2.22. The van der Waals surface area contributed by atoms with Gasteiger partial charge in [-0.3, -0.25) is 9.67 Å². The molecular formula is C8H8N4. The molecular weight excluding hydrogens is 152 g/mol. The minimum Gasteiger partial charge on any atom is -0.264 e. The van der Waals surface area contributed by atoms with Gasteiger partial charge in [-0.2, -0.15) is 5.10 Å². The summed E-state index contributed by atoms with van der Waals surface area (Å²) in [6.07, 6.45) is 3.44. The van der Waals surface area contributed by atoms with Gasteiger partial charge in [-0.1, -0.05) is 0 Å². The zero-order chi connectivity index (χ0) is 8.55. The van der Waals surface area contributed by atoms with E-state index in [1.807, 2.05) is 13.1 Å². The van der Waals surface area contributed by atoms with Crippen molar-refractivity contribution in [3.63, 3.8) is 0 Å². The van der Waals surface area contributed by atoms with Gasteiger partial charge in [0.15, 0.2) is 5.65 Å². The Bertz CT molecular complexity index is 430. The molecule has 0 aliphatic carbocycles. The molecule has 0 bridgehead atoms. The van der Waals surface area contributed by atoms with Crippen molar-refractivity contribution in [3.05, 3.63) is 18.5 Å². The Kier molecular flexibility index (Phi) is 1.40. The molecule has 0 aliphatic rings. The minimum absolute atomic E-state index is 0.827. The maximum absolute atomic E-state index is 4.16. The number of hydrogen-bond donors (Lipinski definition) is 0. The zero-order valence-corrected chi connectivity index (χ0v) is 6.73. The number of hydrogen-bond acceptors (Lipinski definition) is 3. The van der Waals surface area contributed by atoms with Crippen LogP contribution in [0, 0.1) is 0 Å². The summed E-state index contributed by atoms with van der Waals surface area (Å²) in [4.78, 5) is 8.03. The topological polar surface area (TPSA) is 43.1 Å². The van der Waals surface area contributed by atoms with Crippen molar-refractivity contribution >= 4 is 23.4 Å². The fourth-order valence-electron chi connectivity index (χ4n) is 1.17. The summed E-state index contributed by atoms with van der Waals surface area (Å²) in [5.74, 6) is 0. The second kappa shape index (κ2) is 2.41. The zero-order valence-electron chi connectivity index (χ0n) is 6.73. The second-order valence-electron chi connectivity index (χ2n) is 2.49. The van der Waals surface area contributed by atoms with E-state index in [-0.39, 0.29) is 0 Å². The first-order valence-electron chi connectivity index (χ1n) is 3.56. The standard InChI is InChI=1S/C8H8N4/c1-9-7-3-4-10-8-6(7)5-11-12(8)2/h3-5H,1H2,2H3. The van der Waals surface area contributed by atoms with Crippen LogP contribution in [-0.2, 0) is 7.05 Å². The van der Waals surface area contributed by atoms with E-state index in [4.69, 9.17) is 0 Å². The molecule has 0 spiro atoms. The Morgan fingerprint density at radius 2 is 2.42 bits per heavy atom. The number of rotatable bonds is 1. The molecule has 0 atom stereocenters. The highest BCUT2D eigenvalue weighted by Gasteiger charge is 2.03. The largest absolute Gasteiger partial charge is 0.264 e. The molecule has 0 saturated heterocycles. The van der Waals surface area contributed by atoms with Crippen LogP contribution in [0.2, 0.25) is 0 Å². The van der Waals surface area contributed by atoms with Gasteiger partial charge in [-0.05, 0) is 12.8 Å². The highest BCUT2D eigenvalue weighted by molar-refractivity contribution is 5.87. The molecule has 12 heavy (non-hydrogen) atoms. The van der Waals surface area contributed by atoms with E-state index in [9.17, 15) is 0 Å². The number of aliphatic imine (C=N–C) groups is 1. The Morgan fingerprint density at radius 1 is 1.58 bits per heavy atom. The second-order valence-corrected chi connectivity index (χ2v) is 2.49. The summed E-state index contributed by atoms with van der Waals surface area (Å²) in [6, 6.07) is 1.82. The van der Waals surface area contributed by atoms with Crippen LogP contribution in [0.1, 0.15) is 0 Å². The Morgan fingerprint density at radius 3 is 3.17 bits per heavy atom. The van der Waals surface area contributed by atoms with Crippen LogP contribution in [0.4, 0.5) is 5.69 Å². The summed E-state index contributed by atoms with van der Waals surface area (Å²) in [6.45, 7) is 3.48. The van der Waals surface area contributed by atoms with E-state index in [1.54, 1.807) is 17.1 Å². The van der Waals surface area contributed by atoms with Crippen LogP contribution < -0.4 is 0 Å². The predicted octanol–water partition coefficient (Wildman–Crippen LogP) is 1.30. The molecule has 2 heterocycles. The van der Waals surface area contributed by atoms with Crippen molar-refractivity contribution in [1.82, 2.24) is 14.8 Å². The van der Waals surface area contributed by atoms with Crippen LogP contribution in [0.5, 0.6) is 0 Å². The lowest BCUT2D eigenvalue weighted by molar-refractivity contribution is 0.786. The predicted molar refractivity (Wildman–Crippen MR) is 47.7 cm³/mol. The van der Waals surface area contributed by atoms with Crippen LogP contribution in [0.3, 0.4) is 0 Å². The van der Waals surface area contributed by atoms with Crippen molar-refractivity contribution < 1.29 is 0 Å². The van der Waals surface area contributed by atoms with Crippen LogP contribution in [0.25, 0.3) is 11.0 Å². The number of aromatic nitrogens is 3. The van der Waals surface area contributed by atoms with Crippen molar-refractivity contribution in [1.29, 1.82) is 0 Å². The summed E-state index contributed by atoms with van der Waals surface area (Å²) in [5.41, 5.74) is 1.66. The third-order valence-corrected chi connectivity index (χ3v) is 1.78. The lowest BCUT2D eigenvalue weighted by Crippen LogP contribution is -1.90. The quantitative estimate of drug-likeness (QED) is 0.590. The highest BCUT2D eigenvalue weighted by atomic mass is 15.3. The van der Waals surface area contributed by atoms with Crippen molar-refractivity contribution in [2.75, 3.05) is 0 Å². The van der Waals surface area contributed by atoms with E-state index in [0.29, 0.717) is 0 Å². The molecule has 0 radical (unpaired) electrons. The van der Waals surface area contributed by atoms with E-state index in [2.05, 4.69) is 21.8 Å². The van der Waals surface area contributed by atoms with E-state index < -0.39 is 0 Å². The molecule has 60 valence electrons. The molecule has 0 aliphatic heterocycles. The maximum atomic E-state index is 4.16. The molecule has 0 amide bonds. The molecule has 2 aromatic heterocycles. The van der Waals surface area contributed by atoms with Crippen molar-refractivity contribution in [3.8, 4) is 0 Å². The van der Waals surface area contributed by atoms with Gasteiger partial charge in [0, 0.05) is 13.2 Å². The van der Waals surface area contributed by atoms with Gasteiger partial charge in [-0.25, -0.2) is 4.98 Å². The number of fused-ring (bicyclic) bond motifs is 1. The normalized spacial score (nSPS) is 10.4. The van der Waals surface area contributed by atoms with Gasteiger partial charge >= 0.3 is 0 Å². The molecule has 4 nitrogen and oxygen atoms in total. The monoisotopic (exact) mass is 160 g/mol. The summed E-state index contributed by atoms with van der Waals surface area (Å²) in [5, 5.41) is 5.01. The fourth-order valence-corrected chi connectivity index (χ4v) is 1.17. The van der Waals surface area contributed by atoms with Crippen LogP contribution in [0.15, 0.2) is 23.5 Å². The smallest absolute Gasteiger partial charge is 0.159 e.